The molecular weight excluding hydrogens is 224 g/mol. The van der Waals surface area contributed by atoms with E-state index >= 15 is 0 Å². The van der Waals surface area contributed by atoms with Crippen molar-refractivity contribution in [2.45, 2.75) is 39.7 Å². The minimum Gasteiger partial charge on any atom is -0.385 e. The molecule has 0 radical (unpaired) electrons. The van der Waals surface area contributed by atoms with Crippen LogP contribution in [0.5, 0.6) is 0 Å². The topological polar surface area (TPSA) is 47.3 Å². The predicted octanol–water partition coefficient (Wildman–Crippen LogP) is 2.35. The summed E-state index contributed by atoms with van der Waals surface area (Å²) in [5.74, 6) is 6.19. The van der Waals surface area contributed by atoms with E-state index < -0.39 is 0 Å². The Morgan fingerprint density at radius 3 is 2.67 bits per heavy atom. The van der Waals surface area contributed by atoms with Crippen molar-refractivity contribution in [3.05, 3.63) is 34.9 Å². The third-order valence-electron chi connectivity index (χ3n) is 3.62. The van der Waals surface area contributed by atoms with E-state index in [1.165, 1.54) is 16.7 Å². The van der Waals surface area contributed by atoms with Crippen LogP contribution in [0.25, 0.3) is 0 Å². The highest BCUT2D eigenvalue weighted by molar-refractivity contribution is 5.31. The Labute approximate surface area is 111 Å². The number of nitrogens with two attached hydrogens (primary N) is 1. The van der Waals surface area contributed by atoms with E-state index in [0.717, 1.165) is 19.4 Å². The highest BCUT2D eigenvalue weighted by atomic mass is 16.5. The lowest BCUT2D eigenvalue weighted by molar-refractivity contribution is 0.170. The standard InChI is InChI=1S/C15H26N2O/c1-11-5-6-12(2)14(9-11)10-15(17-16)13(3)7-8-18-4/h5-6,9,13,15,17H,7-8,10,16H2,1-4H3. The molecule has 0 saturated carbocycles. The molecule has 0 saturated heterocycles. The van der Waals surface area contributed by atoms with Crippen molar-refractivity contribution < 1.29 is 4.74 Å². The molecule has 2 atom stereocenters. The second-order valence-electron chi connectivity index (χ2n) is 5.17. The summed E-state index contributed by atoms with van der Waals surface area (Å²) in [6, 6.07) is 6.87. The molecule has 1 aromatic rings. The molecule has 3 N–H and O–H groups in total. The third-order valence-corrected chi connectivity index (χ3v) is 3.62. The van der Waals surface area contributed by atoms with Crippen LogP contribution in [0.15, 0.2) is 18.2 Å². The fraction of sp³-hybridized carbons (Fsp3) is 0.600. The summed E-state index contributed by atoms with van der Waals surface area (Å²) in [5, 5.41) is 0. The first-order valence-corrected chi connectivity index (χ1v) is 6.59. The van der Waals surface area contributed by atoms with Gasteiger partial charge in [-0.3, -0.25) is 11.3 Å². The quantitative estimate of drug-likeness (QED) is 0.577. The molecule has 102 valence electrons. The van der Waals surface area contributed by atoms with Crippen LogP contribution in [0, 0.1) is 19.8 Å². The molecule has 1 rings (SSSR count). The normalized spacial score (nSPS) is 14.5. The first-order chi connectivity index (χ1) is 8.58. The predicted molar refractivity (Wildman–Crippen MR) is 76.4 cm³/mol. The van der Waals surface area contributed by atoms with E-state index in [9.17, 15) is 0 Å². The molecule has 0 fully saturated rings. The fourth-order valence-electron chi connectivity index (χ4n) is 2.19. The Balaban J connectivity index is 2.69. The number of hydrazine groups is 1. The van der Waals surface area contributed by atoms with Gasteiger partial charge in [-0.25, -0.2) is 0 Å². The van der Waals surface area contributed by atoms with Gasteiger partial charge in [0.15, 0.2) is 0 Å². The minimum absolute atomic E-state index is 0.292. The third kappa shape index (κ3) is 4.41. The van der Waals surface area contributed by atoms with Crippen molar-refractivity contribution >= 4 is 0 Å². The van der Waals surface area contributed by atoms with Crippen molar-refractivity contribution in [2.24, 2.45) is 11.8 Å². The average Bonchev–Trinajstić information content (AvgIpc) is 2.36. The summed E-state index contributed by atoms with van der Waals surface area (Å²) in [5.41, 5.74) is 6.96. The van der Waals surface area contributed by atoms with Gasteiger partial charge in [-0.2, -0.15) is 0 Å². The van der Waals surface area contributed by atoms with Gasteiger partial charge in [0, 0.05) is 19.8 Å². The number of ether oxygens (including phenoxy) is 1. The van der Waals surface area contributed by atoms with Crippen LogP contribution in [0.1, 0.15) is 30.0 Å². The van der Waals surface area contributed by atoms with Gasteiger partial charge in [0.1, 0.15) is 0 Å². The summed E-state index contributed by atoms with van der Waals surface area (Å²) in [7, 11) is 1.74. The van der Waals surface area contributed by atoms with Gasteiger partial charge in [-0.15, -0.1) is 0 Å². The monoisotopic (exact) mass is 250 g/mol. The average molecular weight is 250 g/mol. The number of hydrogen-bond acceptors (Lipinski definition) is 3. The van der Waals surface area contributed by atoms with Crippen LogP contribution in [0.3, 0.4) is 0 Å². The molecule has 1 aromatic carbocycles. The van der Waals surface area contributed by atoms with Gasteiger partial charge in [-0.1, -0.05) is 30.7 Å². The van der Waals surface area contributed by atoms with E-state index in [1.54, 1.807) is 7.11 Å². The summed E-state index contributed by atoms with van der Waals surface area (Å²) in [6.07, 6.45) is 1.99. The van der Waals surface area contributed by atoms with Crippen molar-refractivity contribution in [1.82, 2.24) is 5.43 Å². The van der Waals surface area contributed by atoms with Crippen molar-refractivity contribution in [3.8, 4) is 0 Å². The molecule has 0 amide bonds. The Kier molecular flexibility index (Phi) is 6.33. The molecule has 0 aliphatic heterocycles. The lowest BCUT2D eigenvalue weighted by Crippen LogP contribution is -2.42. The molecular formula is C15H26N2O. The van der Waals surface area contributed by atoms with Gasteiger partial charge in [-0.05, 0) is 43.7 Å². The zero-order valence-corrected chi connectivity index (χ0v) is 12.0. The summed E-state index contributed by atoms with van der Waals surface area (Å²) in [6.45, 7) is 7.28. The highest BCUT2D eigenvalue weighted by Crippen LogP contribution is 2.17. The molecule has 0 heterocycles. The lowest BCUT2D eigenvalue weighted by atomic mass is 9.91. The second kappa shape index (κ2) is 7.52. The first-order valence-electron chi connectivity index (χ1n) is 6.59. The maximum Gasteiger partial charge on any atom is 0.0465 e. The number of benzene rings is 1. The van der Waals surface area contributed by atoms with Gasteiger partial charge in [0.05, 0.1) is 0 Å². The van der Waals surface area contributed by atoms with E-state index in [-0.39, 0.29) is 0 Å². The van der Waals surface area contributed by atoms with Crippen LogP contribution >= 0.6 is 0 Å². The van der Waals surface area contributed by atoms with E-state index in [1.807, 2.05) is 0 Å². The van der Waals surface area contributed by atoms with Crippen LogP contribution < -0.4 is 11.3 Å². The number of aryl methyl sites for hydroxylation is 2. The van der Waals surface area contributed by atoms with Crippen molar-refractivity contribution in [2.75, 3.05) is 13.7 Å². The van der Waals surface area contributed by atoms with Crippen LogP contribution in [-0.2, 0) is 11.2 Å². The number of rotatable bonds is 7. The number of hydrogen-bond donors (Lipinski definition) is 2. The molecule has 3 heteroatoms. The number of nitrogens with one attached hydrogen (secondary N) is 1. The summed E-state index contributed by atoms with van der Waals surface area (Å²) in [4.78, 5) is 0. The van der Waals surface area contributed by atoms with Gasteiger partial charge in [0.2, 0.25) is 0 Å². The largest absolute Gasteiger partial charge is 0.385 e. The van der Waals surface area contributed by atoms with Gasteiger partial charge >= 0.3 is 0 Å². The highest BCUT2D eigenvalue weighted by Gasteiger charge is 2.17. The Bertz CT molecular complexity index is 366. The lowest BCUT2D eigenvalue weighted by Gasteiger charge is -2.24. The summed E-state index contributed by atoms with van der Waals surface area (Å²) < 4.78 is 5.13. The molecule has 0 spiro atoms. The van der Waals surface area contributed by atoms with Crippen molar-refractivity contribution in [3.63, 3.8) is 0 Å². The van der Waals surface area contributed by atoms with Crippen molar-refractivity contribution in [1.29, 1.82) is 0 Å². The SMILES string of the molecule is COCCC(C)C(Cc1cc(C)ccc1C)NN. The fourth-order valence-corrected chi connectivity index (χ4v) is 2.19. The molecule has 0 aliphatic carbocycles. The van der Waals surface area contributed by atoms with Crippen LogP contribution in [-0.4, -0.2) is 19.8 Å². The summed E-state index contributed by atoms with van der Waals surface area (Å²) >= 11 is 0. The Morgan fingerprint density at radius 2 is 2.06 bits per heavy atom. The molecule has 2 unspecified atom stereocenters. The van der Waals surface area contributed by atoms with Gasteiger partial charge < -0.3 is 4.74 Å². The van der Waals surface area contributed by atoms with Gasteiger partial charge in [0.25, 0.3) is 0 Å². The maximum absolute atomic E-state index is 5.69. The molecule has 0 bridgehead atoms. The van der Waals surface area contributed by atoms with Crippen LogP contribution in [0.4, 0.5) is 0 Å². The molecule has 0 aromatic heterocycles. The zero-order chi connectivity index (χ0) is 13.5. The van der Waals surface area contributed by atoms with Crippen LogP contribution in [0.2, 0.25) is 0 Å². The van der Waals surface area contributed by atoms with E-state index in [0.29, 0.717) is 12.0 Å². The second-order valence-corrected chi connectivity index (χ2v) is 5.17. The Morgan fingerprint density at radius 1 is 1.33 bits per heavy atom. The maximum atomic E-state index is 5.69. The smallest absolute Gasteiger partial charge is 0.0465 e. The number of methoxy groups -OCH3 is 1. The molecule has 3 nitrogen and oxygen atoms in total. The zero-order valence-electron chi connectivity index (χ0n) is 12.0. The minimum atomic E-state index is 0.292. The Hall–Kier alpha value is -0.900. The first kappa shape index (κ1) is 15.2. The molecule has 18 heavy (non-hydrogen) atoms. The molecule has 0 aliphatic rings. The van der Waals surface area contributed by atoms with E-state index in [2.05, 4.69) is 44.4 Å². The van der Waals surface area contributed by atoms with E-state index in [4.69, 9.17) is 10.6 Å².